The number of esters is 1. The van der Waals surface area contributed by atoms with Crippen molar-refractivity contribution in [3.05, 3.63) is 40.9 Å². The number of methoxy groups -OCH3 is 1. The molecule has 0 saturated heterocycles. The molecule has 0 radical (unpaired) electrons. The van der Waals surface area contributed by atoms with Gasteiger partial charge in [-0.05, 0) is 19.9 Å². The maximum Gasteiger partial charge on any atom is 0.345 e. The van der Waals surface area contributed by atoms with Crippen molar-refractivity contribution in [1.29, 1.82) is 0 Å². The first-order valence-electron chi connectivity index (χ1n) is 6.63. The maximum absolute atomic E-state index is 14.1. The van der Waals surface area contributed by atoms with Crippen LogP contribution in [0, 0.1) is 17.5 Å². The van der Waals surface area contributed by atoms with Gasteiger partial charge in [-0.25, -0.2) is 13.6 Å². The molecule has 0 aromatic heterocycles. The Hall–Kier alpha value is -2.51. The zero-order chi connectivity index (χ0) is 17.6. The van der Waals surface area contributed by atoms with Crippen LogP contribution in [-0.4, -0.2) is 32.1 Å². The molecule has 1 aromatic carbocycles. The molecule has 0 fully saturated rings. The number of carbonyl (C=O) groups excluding carboxylic acids is 2. The Morgan fingerprint density at radius 1 is 1.13 bits per heavy atom. The SMILES string of the molecule is CCO/C=C(/C(=O)OCC)C(=O)c1cc(F)c(F)c(OC)c1F. The molecular formula is C15H15F3O5. The van der Waals surface area contributed by atoms with E-state index in [1.807, 2.05) is 0 Å². The highest BCUT2D eigenvalue weighted by molar-refractivity contribution is 6.24. The monoisotopic (exact) mass is 332 g/mol. The third-order valence-corrected chi connectivity index (χ3v) is 2.67. The van der Waals surface area contributed by atoms with Crippen LogP contribution in [0.5, 0.6) is 5.75 Å². The molecule has 0 N–H and O–H groups in total. The minimum absolute atomic E-state index is 0.0425. The van der Waals surface area contributed by atoms with Gasteiger partial charge in [0.1, 0.15) is 11.8 Å². The highest BCUT2D eigenvalue weighted by atomic mass is 19.2. The molecule has 126 valence electrons. The molecule has 1 aromatic rings. The quantitative estimate of drug-likeness (QED) is 0.146. The fourth-order valence-electron chi connectivity index (χ4n) is 1.64. The number of ether oxygens (including phenoxy) is 3. The molecule has 0 amide bonds. The van der Waals surface area contributed by atoms with Crippen LogP contribution in [-0.2, 0) is 14.3 Å². The summed E-state index contributed by atoms with van der Waals surface area (Å²) in [6, 6.07) is 0.342. The van der Waals surface area contributed by atoms with Gasteiger partial charge in [0.2, 0.25) is 11.6 Å². The zero-order valence-electron chi connectivity index (χ0n) is 12.7. The number of carbonyl (C=O) groups is 2. The zero-order valence-corrected chi connectivity index (χ0v) is 12.7. The molecule has 0 spiro atoms. The Bertz CT molecular complexity index is 640. The van der Waals surface area contributed by atoms with Crippen molar-refractivity contribution in [1.82, 2.24) is 0 Å². The Labute approximate surface area is 130 Å². The van der Waals surface area contributed by atoms with Crippen molar-refractivity contribution in [2.45, 2.75) is 13.8 Å². The summed E-state index contributed by atoms with van der Waals surface area (Å²) in [6.45, 7) is 3.17. The molecule has 0 heterocycles. The molecule has 0 aliphatic rings. The van der Waals surface area contributed by atoms with Gasteiger partial charge < -0.3 is 14.2 Å². The second-order valence-electron chi connectivity index (χ2n) is 4.10. The molecule has 0 unspecified atom stereocenters. The van der Waals surface area contributed by atoms with Crippen LogP contribution in [0.3, 0.4) is 0 Å². The van der Waals surface area contributed by atoms with Crippen molar-refractivity contribution in [3.8, 4) is 5.75 Å². The van der Waals surface area contributed by atoms with Gasteiger partial charge in [-0.2, -0.15) is 4.39 Å². The van der Waals surface area contributed by atoms with E-state index in [9.17, 15) is 22.8 Å². The van der Waals surface area contributed by atoms with Gasteiger partial charge in [-0.1, -0.05) is 0 Å². The van der Waals surface area contributed by atoms with Gasteiger partial charge in [0.05, 0.1) is 25.9 Å². The van der Waals surface area contributed by atoms with Gasteiger partial charge in [0.15, 0.2) is 17.4 Å². The number of hydrogen-bond donors (Lipinski definition) is 0. The van der Waals surface area contributed by atoms with Crippen molar-refractivity contribution in [3.63, 3.8) is 0 Å². The van der Waals surface area contributed by atoms with Crippen LogP contribution in [0.15, 0.2) is 17.9 Å². The first-order valence-corrected chi connectivity index (χ1v) is 6.63. The van der Waals surface area contributed by atoms with Gasteiger partial charge in [0, 0.05) is 0 Å². The minimum Gasteiger partial charge on any atom is -0.500 e. The van der Waals surface area contributed by atoms with E-state index in [0.717, 1.165) is 13.4 Å². The van der Waals surface area contributed by atoms with Crippen LogP contribution >= 0.6 is 0 Å². The summed E-state index contributed by atoms with van der Waals surface area (Å²) >= 11 is 0. The summed E-state index contributed by atoms with van der Waals surface area (Å²) < 4.78 is 54.9. The molecule has 0 aliphatic heterocycles. The Morgan fingerprint density at radius 3 is 2.30 bits per heavy atom. The normalized spacial score (nSPS) is 11.1. The predicted molar refractivity (Wildman–Crippen MR) is 73.5 cm³/mol. The van der Waals surface area contributed by atoms with Crippen LogP contribution < -0.4 is 4.74 Å². The van der Waals surface area contributed by atoms with Gasteiger partial charge in [0.25, 0.3) is 0 Å². The van der Waals surface area contributed by atoms with E-state index in [4.69, 9.17) is 4.74 Å². The number of halogens is 3. The van der Waals surface area contributed by atoms with Crippen molar-refractivity contribution < 1.29 is 37.0 Å². The summed E-state index contributed by atoms with van der Waals surface area (Å²) in [6.07, 6.45) is 0.785. The first-order chi connectivity index (χ1) is 10.9. The molecule has 1 rings (SSSR count). The van der Waals surface area contributed by atoms with Crippen molar-refractivity contribution in [2.75, 3.05) is 20.3 Å². The van der Waals surface area contributed by atoms with E-state index < -0.39 is 46.1 Å². The van der Waals surface area contributed by atoms with E-state index in [0.29, 0.717) is 6.07 Å². The smallest absolute Gasteiger partial charge is 0.345 e. The molecule has 5 nitrogen and oxygen atoms in total. The second kappa shape index (κ2) is 8.21. The third kappa shape index (κ3) is 4.02. The van der Waals surface area contributed by atoms with Crippen molar-refractivity contribution >= 4 is 11.8 Å². The Kier molecular flexibility index (Phi) is 6.62. The van der Waals surface area contributed by atoms with E-state index in [2.05, 4.69) is 9.47 Å². The fraction of sp³-hybridized carbons (Fsp3) is 0.333. The maximum atomic E-state index is 14.1. The molecule has 8 heteroatoms. The van der Waals surface area contributed by atoms with E-state index in [1.54, 1.807) is 6.92 Å². The summed E-state index contributed by atoms with van der Waals surface area (Å²) in [5, 5.41) is 0. The van der Waals surface area contributed by atoms with E-state index >= 15 is 0 Å². The number of benzene rings is 1. The van der Waals surface area contributed by atoms with Gasteiger partial charge >= 0.3 is 5.97 Å². The Morgan fingerprint density at radius 2 is 1.78 bits per heavy atom. The van der Waals surface area contributed by atoms with E-state index in [-0.39, 0.29) is 13.2 Å². The highest BCUT2D eigenvalue weighted by Crippen LogP contribution is 2.28. The lowest BCUT2D eigenvalue weighted by atomic mass is 10.0. The average molecular weight is 332 g/mol. The summed E-state index contributed by atoms with van der Waals surface area (Å²) in [4.78, 5) is 24.1. The minimum atomic E-state index is -1.58. The standard InChI is InChI=1S/C15H15F3O5/c1-4-22-7-9(15(20)23-5-2)13(19)8-6-10(16)12(18)14(21-3)11(8)17/h6-7H,4-5H2,1-3H3/b9-7+. The number of hydrogen-bond acceptors (Lipinski definition) is 5. The first kappa shape index (κ1) is 18.5. The van der Waals surface area contributed by atoms with Crippen LogP contribution in [0.2, 0.25) is 0 Å². The molecule has 0 atom stereocenters. The molecule has 0 bridgehead atoms. The average Bonchev–Trinajstić information content (AvgIpc) is 2.52. The lowest BCUT2D eigenvalue weighted by Gasteiger charge is -2.10. The largest absolute Gasteiger partial charge is 0.500 e. The van der Waals surface area contributed by atoms with Crippen molar-refractivity contribution in [2.24, 2.45) is 0 Å². The molecule has 0 saturated carbocycles. The van der Waals surface area contributed by atoms with Gasteiger partial charge in [-0.3, -0.25) is 4.79 Å². The lowest BCUT2D eigenvalue weighted by molar-refractivity contribution is -0.138. The number of rotatable bonds is 7. The highest BCUT2D eigenvalue weighted by Gasteiger charge is 2.29. The van der Waals surface area contributed by atoms with E-state index in [1.165, 1.54) is 6.92 Å². The summed E-state index contributed by atoms with van der Waals surface area (Å²) in [5.74, 6) is -7.85. The Balaban J connectivity index is 3.39. The molecule has 23 heavy (non-hydrogen) atoms. The summed E-state index contributed by atoms with van der Waals surface area (Å²) in [5.41, 5.74) is -1.53. The topological polar surface area (TPSA) is 61.8 Å². The second-order valence-corrected chi connectivity index (χ2v) is 4.10. The van der Waals surface area contributed by atoms with Crippen LogP contribution in [0.25, 0.3) is 0 Å². The molecule has 0 aliphatic carbocycles. The fourth-order valence-corrected chi connectivity index (χ4v) is 1.64. The predicted octanol–water partition coefficient (Wildman–Crippen LogP) is 2.78. The lowest BCUT2D eigenvalue weighted by Crippen LogP contribution is -2.18. The summed E-state index contributed by atoms with van der Waals surface area (Å²) in [7, 11) is 0.914. The number of Topliss-reactive ketones (excluding diaryl/α,β-unsaturated/α-hetero) is 1. The third-order valence-electron chi connectivity index (χ3n) is 2.67. The molecular weight excluding hydrogens is 317 g/mol. The van der Waals surface area contributed by atoms with Gasteiger partial charge in [-0.15, -0.1) is 0 Å². The van der Waals surface area contributed by atoms with Crippen LogP contribution in [0.1, 0.15) is 24.2 Å². The van der Waals surface area contributed by atoms with Crippen LogP contribution in [0.4, 0.5) is 13.2 Å². The number of ketones is 1.